The average molecular weight is 1090 g/mol. The first-order valence-corrected chi connectivity index (χ1v) is 29.9. The molecule has 0 saturated heterocycles. The summed E-state index contributed by atoms with van der Waals surface area (Å²) in [6, 6.07) is 128. The molecule has 0 aromatic heterocycles. The summed E-state index contributed by atoms with van der Waals surface area (Å²) in [7, 11) is 0. The number of aryl methyl sites for hydroxylation is 1. The van der Waals surface area contributed by atoms with Crippen LogP contribution in [0.3, 0.4) is 0 Å². The van der Waals surface area contributed by atoms with Gasteiger partial charge in [0.15, 0.2) is 0 Å². The summed E-state index contributed by atoms with van der Waals surface area (Å²) in [5.74, 6) is 0. The van der Waals surface area contributed by atoms with Gasteiger partial charge in [-0.05, 0) is 224 Å². The van der Waals surface area contributed by atoms with Crippen LogP contribution in [0.15, 0.2) is 346 Å². The molecule has 0 aliphatic heterocycles. The van der Waals surface area contributed by atoms with Crippen LogP contribution in [-0.2, 0) is 5.41 Å². The van der Waals surface area contributed by atoms with E-state index in [1.807, 2.05) is 0 Å². The van der Waals surface area contributed by atoms with Crippen LogP contribution in [0.2, 0.25) is 0 Å². The highest BCUT2D eigenvalue weighted by Crippen LogP contribution is 2.60. The van der Waals surface area contributed by atoms with Crippen molar-refractivity contribution in [2.24, 2.45) is 0 Å². The van der Waals surface area contributed by atoms with Crippen molar-refractivity contribution in [1.29, 1.82) is 0 Å². The Kier molecular flexibility index (Phi) is 13.5. The first kappa shape index (κ1) is 51.9. The maximum Gasteiger partial charge on any atom is 0.0714 e. The largest absolute Gasteiger partial charge is 0.0714 e. The molecule has 0 heterocycles. The van der Waals surface area contributed by atoms with Gasteiger partial charge in [-0.15, -0.1) is 0 Å². The fourth-order valence-corrected chi connectivity index (χ4v) is 13.5. The van der Waals surface area contributed by atoms with Crippen molar-refractivity contribution in [2.45, 2.75) is 12.3 Å². The summed E-state index contributed by atoms with van der Waals surface area (Å²) in [4.78, 5) is 0. The summed E-state index contributed by atoms with van der Waals surface area (Å²) in [6.07, 6.45) is 0. The van der Waals surface area contributed by atoms with Crippen LogP contribution in [0, 0.1) is 6.92 Å². The summed E-state index contributed by atoms with van der Waals surface area (Å²) in [5.41, 5.74) is 31.7. The van der Waals surface area contributed by atoms with Gasteiger partial charge in [-0.3, -0.25) is 0 Å². The molecule has 1 aliphatic carbocycles. The normalized spacial score (nSPS) is 12.1. The van der Waals surface area contributed by atoms with Gasteiger partial charge in [-0.2, -0.15) is 0 Å². The lowest BCUT2D eigenvalue weighted by atomic mass is 9.66. The molecule has 0 radical (unpaired) electrons. The summed E-state index contributed by atoms with van der Waals surface area (Å²) < 4.78 is 0. The van der Waals surface area contributed by atoms with Crippen LogP contribution in [0.5, 0.6) is 0 Å². The smallest absolute Gasteiger partial charge is 0.0622 e. The predicted molar refractivity (Wildman–Crippen MR) is 363 cm³/mol. The van der Waals surface area contributed by atoms with Gasteiger partial charge in [0.05, 0.1) is 5.41 Å². The van der Waals surface area contributed by atoms with Gasteiger partial charge in [0.1, 0.15) is 0 Å². The van der Waals surface area contributed by atoms with Gasteiger partial charge in [-0.1, -0.05) is 279 Å². The van der Waals surface area contributed by atoms with Gasteiger partial charge in [0.2, 0.25) is 0 Å². The Hall–Kier alpha value is -10.9. The molecule has 0 atom stereocenters. The van der Waals surface area contributed by atoms with Crippen molar-refractivity contribution in [3.8, 4) is 122 Å². The molecule has 0 saturated carbocycles. The van der Waals surface area contributed by atoms with E-state index in [0.29, 0.717) is 0 Å². The van der Waals surface area contributed by atoms with E-state index in [1.54, 1.807) is 0 Å². The summed E-state index contributed by atoms with van der Waals surface area (Å²) in [6.45, 7) is 2.24. The fourth-order valence-electron chi connectivity index (χ4n) is 13.5. The van der Waals surface area contributed by atoms with Gasteiger partial charge in [0.25, 0.3) is 0 Å². The Balaban J connectivity index is 0.934. The molecule has 0 heteroatoms. The van der Waals surface area contributed by atoms with E-state index >= 15 is 0 Å². The van der Waals surface area contributed by atoms with Crippen LogP contribution < -0.4 is 0 Å². The quantitative estimate of drug-likeness (QED) is 0.114. The first-order chi connectivity index (χ1) is 42.5. The molecule has 15 rings (SSSR count). The van der Waals surface area contributed by atoms with Crippen molar-refractivity contribution in [3.63, 3.8) is 0 Å². The number of hydrogen-bond acceptors (Lipinski definition) is 0. The molecule has 0 unspecified atom stereocenters. The van der Waals surface area contributed by atoms with Crippen LogP contribution in [0.25, 0.3) is 122 Å². The molecule has 14 aromatic carbocycles. The van der Waals surface area contributed by atoms with E-state index in [-0.39, 0.29) is 0 Å². The number of hydrogen-bond donors (Lipinski definition) is 0. The van der Waals surface area contributed by atoms with Crippen molar-refractivity contribution >= 4 is 0 Å². The van der Waals surface area contributed by atoms with Crippen LogP contribution in [0.4, 0.5) is 0 Å². The molecule has 0 nitrogen and oxygen atoms in total. The SMILES string of the molecule is Cc1ccccc1-c1cccc2c1-c1ccc(-c3ccccc3)cc1C2(c1cccc(-c2cccc(-c3cc(-c4ccccc4)cc(-c4ccccc4)c3)c2)c1)c1cccc(-c2cccc(-c3cc(-c4ccccc4)cc(-c4ccccc4)c3)c2)c1. The lowest BCUT2D eigenvalue weighted by Crippen LogP contribution is -2.28. The topological polar surface area (TPSA) is 0 Å². The number of fused-ring (bicyclic) bond motifs is 3. The van der Waals surface area contributed by atoms with E-state index in [2.05, 4.69) is 353 Å². The lowest BCUT2D eigenvalue weighted by molar-refractivity contribution is 0.769. The lowest BCUT2D eigenvalue weighted by Gasteiger charge is -2.35. The molecule has 0 bridgehead atoms. The molecule has 0 fully saturated rings. The van der Waals surface area contributed by atoms with E-state index in [0.717, 1.165) is 22.3 Å². The highest BCUT2D eigenvalue weighted by molar-refractivity contribution is 5.98. The summed E-state index contributed by atoms with van der Waals surface area (Å²) in [5, 5.41) is 0. The zero-order valence-corrected chi connectivity index (χ0v) is 47.9. The fraction of sp³-hybridized carbons (Fsp3) is 0.0233. The minimum atomic E-state index is -0.751. The predicted octanol–water partition coefficient (Wildman–Crippen LogP) is 23.0. The minimum Gasteiger partial charge on any atom is -0.0622 e. The van der Waals surface area contributed by atoms with Gasteiger partial charge in [0, 0.05) is 0 Å². The minimum absolute atomic E-state index is 0.751. The maximum atomic E-state index is 2.50. The molecule has 404 valence electrons. The van der Waals surface area contributed by atoms with Crippen LogP contribution >= 0.6 is 0 Å². The third-order valence-corrected chi connectivity index (χ3v) is 17.6. The number of benzene rings is 14. The Morgan fingerprint density at radius 1 is 0.174 bits per heavy atom. The Morgan fingerprint density at radius 3 is 0.884 bits per heavy atom. The highest BCUT2D eigenvalue weighted by Gasteiger charge is 2.47. The third-order valence-electron chi connectivity index (χ3n) is 17.6. The van der Waals surface area contributed by atoms with E-state index in [4.69, 9.17) is 0 Å². The zero-order chi connectivity index (χ0) is 57.4. The molecule has 14 aromatic rings. The average Bonchev–Trinajstić information content (AvgIpc) is 1.65. The second kappa shape index (κ2) is 22.3. The standard InChI is InChI=1S/C86H60/c1-59-24-17-18-43-80(59)81-44-23-45-83-85(81)82-47-46-71(60-25-7-2-8-26-60)58-84(82)86(83,78-41-21-39-69(56-78)65-35-19-37-67(48-65)76-52-72(61-27-9-3-10-28-61)50-73(53-76)62-29-11-4-12-30-62)79-42-22-40-70(57-79)66-36-20-38-68(49-66)77-54-74(63-31-13-5-14-32-63)51-75(55-77)64-33-15-6-16-34-64/h2-58H,1H3. The van der Waals surface area contributed by atoms with E-state index < -0.39 is 5.41 Å². The summed E-state index contributed by atoms with van der Waals surface area (Å²) >= 11 is 0. The Bertz CT molecular complexity index is 4460. The molecule has 86 heavy (non-hydrogen) atoms. The Labute approximate surface area is 505 Å². The molecule has 0 spiro atoms. The van der Waals surface area contributed by atoms with Gasteiger partial charge < -0.3 is 0 Å². The maximum absolute atomic E-state index is 2.50. The van der Waals surface area contributed by atoms with Gasteiger partial charge in [-0.25, -0.2) is 0 Å². The zero-order valence-electron chi connectivity index (χ0n) is 47.9. The van der Waals surface area contributed by atoms with Crippen molar-refractivity contribution < 1.29 is 0 Å². The number of rotatable bonds is 12. The van der Waals surface area contributed by atoms with Gasteiger partial charge >= 0.3 is 0 Å². The van der Waals surface area contributed by atoms with Crippen molar-refractivity contribution in [3.05, 3.63) is 374 Å². The van der Waals surface area contributed by atoms with Crippen molar-refractivity contribution in [2.75, 3.05) is 0 Å². The monoisotopic (exact) mass is 1090 g/mol. The van der Waals surface area contributed by atoms with Crippen LogP contribution in [-0.4, -0.2) is 0 Å². The highest BCUT2D eigenvalue weighted by atomic mass is 14.5. The molecular formula is C86H60. The van der Waals surface area contributed by atoms with Crippen molar-refractivity contribution in [1.82, 2.24) is 0 Å². The Morgan fingerprint density at radius 2 is 0.465 bits per heavy atom. The first-order valence-electron chi connectivity index (χ1n) is 29.9. The third kappa shape index (κ3) is 9.58. The second-order valence-electron chi connectivity index (χ2n) is 22.8. The second-order valence-corrected chi connectivity index (χ2v) is 22.8. The molecular weight excluding hydrogens is 1030 g/mol. The van der Waals surface area contributed by atoms with E-state index in [1.165, 1.54) is 128 Å². The molecule has 0 N–H and O–H groups in total. The molecule has 1 aliphatic rings. The molecule has 0 amide bonds. The van der Waals surface area contributed by atoms with Crippen LogP contribution in [0.1, 0.15) is 27.8 Å². The van der Waals surface area contributed by atoms with E-state index in [9.17, 15) is 0 Å².